The molecule has 0 aliphatic rings. The van der Waals surface area contributed by atoms with Gasteiger partial charge in [0.25, 0.3) is 0 Å². The number of thiazole rings is 1. The summed E-state index contributed by atoms with van der Waals surface area (Å²) in [6, 6.07) is 2.61. The molecular formula is C11H9BrF2N2S. The highest BCUT2D eigenvalue weighted by atomic mass is 79.9. The Morgan fingerprint density at radius 2 is 2.12 bits per heavy atom. The topological polar surface area (TPSA) is 24.9 Å². The van der Waals surface area contributed by atoms with E-state index in [1.807, 2.05) is 0 Å². The van der Waals surface area contributed by atoms with Crippen molar-refractivity contribution in [1.82, 2.24) is 10.3 Å². The molecule has 2 rings (SSSR count). The van der Waals surface area contributed by atoms with Crippen LogP contribution >= 0.6 is 27.3 Å². The van der Waals surface area contributed by atoms with Crippen molar-refractivity contribution in [1.29, 1.82) is 0 Å². The first-order valence-corrected chi connectivity index (χ1v) is 6.56. The number of halogens is 3. The Morgan fingerprint density at radius 3 is 2.82 bits per heavy atom. The maximum absolute atomic E-state index is 13.6. The summed E-state index contributed by atoms with van der Waals surface area (Å²) >= 11 is 4.53. The summed E-state index contributed by atoms with van der Waals surface area (Å²) < 4.78 is 27.2. The molecule has 0 aliphatic carbocycles. The van der Waals surface area contributed by atoms with Crippen LogP contribution in [-0.2, 0) is 13.1 Å². The van der Waals surface area contributed by atoms with Crippen LogP contribution in [0.1, 0.15) is 10.4 Å². The lowest BCUT2D eigenvalue weighted by Crippen LogP contribution is -2.14. The van der Waals surface area contributed by atoms with Gasteiger partial charge in [-0.25, -0.2) is 8.78 Å². The summed E-state index contributed by atoms with van der Waals surface area (Å²) in [6.45, 7) is 0.699. The number of nitrogens with zero attached hydrogens (tertiary/aromatic N) is 1. The van der Waals surface area contributed by atoms with E-state index in [9.17, 15) is 8.78 Å². The number of aromatic nitrogens is 1. The zero-order chi connectivity index (χ0) is 12.3. The first kappa shape index (κ1) is 12.6. The fourth-order valence-corrected chi connectivity index (χ4v) is 2.31. The summed E-state index contributed by atoms with van der Waals surface area (Å²) in [5.74, 6) is -1.09. The Kier molecular flexibility index (Phi) is 4.20. The maximum Gasteiger partial charge on any atom is 0.144 e. The largest absolute Gasteiger partial charge is 0.308 e. The van der Waals surface area contributed by atoms with Crippen molar-refractivity contribution in [3.63, 3.8) is 0 Å². The Bertz CT molecular complexity index is 502. The Hall–Kier alpha value is -0.850. The average molecular weight is 319 g/mol. The van der Waals surface area contributed by atoms with Crippen LogP contribution in [0.5, 0.6) is 0 Å². The highest BCUT2D eigenvalue weighted by Gasteiger charge is 2.11. The number of nitrogens with one attached hydrogen (secondary N) is 1. The minimum atomic E-state index is -0.554. The van der Waals surface area contributed by atoms with Crippen molar-refractivity contribution in [3.8, 4) is 0 Å². The minimum absolute atomic E-state index is 0.0453. The molecule has 0 bridgehead atoms. The predicted molar refractivity (Wildman–Crippen MR) is 66.7 cm³/mol. The lowest BCUT2D eigenvalue weighted by Gasteiger charge is -2.07. The Morgan fingerprint density at radius 1 is 1.29 bits per heavy atom. The van der Waals surface area contributed by atoms with Crippen LogP contribution in [0.3, 0.4) is 0 Å². The lowest BCUT2D eigenvalue weighted by atomic mass is 10.2. The van der Waals surface area contributed by atoms with Crippen molar-refractivity contribution in [3.05, 3.63) is 50.4 Å². The molecule has 1 aromatic carbocycles. The van der Waals surface area contributed by atoms with Gasteiger partial charge in [-0.2, -0.15) is 0 Å². The first-order valence-electron chi connectivity index (χ1n) is 4.89. The SMILES string of the molecule is Fc1ccc(Br)c(F)c1CNCc1cncs1. The van der Waals surface area contributed by atoms with Gasteiger partial charge >= 0.3 is 0 Å². The second-order valence-corrected chi connectivity index (χ2v) is 5.22. The third-order valence-corrected chi connectivity index (χ3v) is 3.62. The van der Waals surface area contributed by atoms with Crippen molar-refractivity contribution < 1.29 is 8.78 Å². The van der Waals surface area contributed by atoms with E-state index in [-0.39, 0.29) is 16.6 Å². The number of benzene rings is 1. The summed E-state index contributed by atoms with van der Waals surface area (Å²) in [4.78, 5) is 4.95. The van der Waals surface area contributed by atoms with Gasteiger partial charge in [-0.1, -0.05) is 0 Å². The van der Waals surface area contributed by atoms with Crippen LogP contribution in [-0.4, -0.2) is 4.98 Å². The summed E-state index contributed by atoms with van der Waals surface area (Å²) in [5, 5.41) is 2.98. The van der Waals surface area contributed by atoms with E-state index < -0.39 is 11.6 Å². The zero-order valence-corrected chi connectivity index (χ0v) is 11.1. The van der Waals surface area contributed by atoms with E-state index in [1.165, 1.54) is 23.5 Å². The van der Waals surface area contributed by atoms with E-state index in [0.29, 0.717) is 6.54 Å². The second-order valence-electron chi connectivity index (χ2n) is 3.39. The molecule has 0 radical (unpaired) electrons. The van der Waals surface area contributed by atoms with E-state index in [4.69, 9.17) is 0 Å². The Balaban J connectivity index is 2.01. The molecule has 0 saturated carbocycles. The third-order valence-electron chi connectivity index (χ3n) is 2.22. The molecule has 1 aromatic heterocycles. The van der Waals surface area contributed by atoms with E-state index >= 15 is 0 Å². The smallest absolute Gasteiger partial charge is 0.144 e. The molecule has 0 amide bonds. The molecule has 0 unspecified atom stereocenters. The molecule has 2 nitrogen and oxygen atoms in total. The van der Waals surface area contributed by atoms with Crippen molar-refractivity contribution in [2.45, 2.75) is 13.1 Å². The van der Waals surface area contributed by atoms with Gasteiger partial charge in [-0.15, -0.1) is 11.3 Å². The molecule has 90 valence electrons. The molecule has 1 N–H and O–H groups in total. The van der Waals surface area contributed by atoms with Crippen LogP contribution < -0.4 is 5.32 Å². The normalized spacial score (nSPS) is 10.8. The van der Waals surface area contributed by atoms with Gasteiger partial charge < -0.3 is 5.32 Å². The molecule has 0 atom stereocenters. The van der Waals surface area contributed by atoms with Gasteiger partial charge in [-0.3, -0.25) is 4.98 Å². The number of hydrogen-bond acceptors (Lipinski definition) is 3. The minimum Gasteiger partial charge on any atom is -0.308 e. The number of rotatable bonds is 4. The van der Waals surface area contributed by atoms with Crippen molar-refractivity contribution in [2.24, 2.45) is 0 Å². The maximum atomic E-state index is 13.6. The first-order chi connectivity index (χ1) is 8.18. The van der Waals surface area contributed by atoms with Gasteiger partial charge in [0.05, 0.1) is 9.98 Å². The molecule has 0 aliphatic heterocycles. The fraction of sp³-hybridized carbons (Fsp3) is 0.182. The van der Waals surface area contributed by atoms with Crippen LogP contribution in [0.25, 0.3) is 0 Å². The third kappa shape index (κ3) is 3.08. The summed E-state index contributed by atoms with van der Waals surface area (Å²) in [5.41, 5.74) is 1.76. The fourth-order valence-electron chi connectivity index (χ4n) is 1.37. The Labute approximate surface area is 110 Å². The number of hydrogen-bond donors (Lipinski definition) is 1. The summed E-state index contributed by atoms with van der Waals surface area (Å²) in [7, 11) is 0. The molecule has 1 heterocycles. The summed E-state index contributed by atoms with van der Waals surface area (Å²) in [6.07, 6.45) is 1.73. The van der Waals surface area contributed by atoms with Gasteiger partial charge in [-0.05, 0) is 28.1 Å². The molecule has 0 fully saturated rings. The van der Waals surface area contributed by atoms with Crippen LogP contribution in [0.4, 0.5) is 8.78 Å². The monoisotopic (exact) mass is 318 g/mol. The van der Waals surface area contributed by atoms with Crippen LogP contribution in [0.15, 0.2) is 28.3 Å². The van der Waals surface area contributed by atoms with Crippen molar-refractivity contribution >= 4 is 27.3 Å². The van der Waals surface area contributed by atoms with Crippen molar-refractivity contribution in [2.75, 3.05) is 0 Å². The lowest BCUT2D eigenvalue weighted by molar-refractivity contribution is 0.532. The molecule has 0 saturated heterocycles. The van der Waals surface area contributed by atoms with Gasteiger partial charge in [0.1, 0.15) is 11.6 Å². The molecule has 17 heavy (non-hydrogen) atoms. The van der Waals surface area contributed by atoms with E-state index in [2.05, 4.69) is 26.2 Å². The molecule has 6 heteroatoms. The second kappa shape index (κ2) is 5.66. The molecular weight excluding hydrogens is 310 g/mol. The predicted octanol–water partition coefficient (Wildman–Crippen LogP) is 3.47. The van der Waals surface area contributed by atoms with Gasteiger partial charge in [0, 0.05) is 29.7 Å². The highest BCUT2D eigenvalue weighted by Crippen LogP contribution is 2.21. The average Bonchev–Trinajstić information content (AvgIpc) is 2.81. The highest BCUT2D eigenvalue weighted by molar-refractivity contribution is 9.10. The van der Waals surface area contributed by atoms with Crippen LogP contribution in [0, 0.1) is 11.6 Å². The van der Waals surface area contributed by atoms with Crippen LogP contribution in [0.2, 0.25) is 0 Å². The van der Waals surface area contributed by atoms with E-state index in [1.54, 1.807) is 11.7 Å². The molecule has 0 spiro atoms. The standard InChI is InChI=1S/C11H9BrF2N2S/c12-9-1-2-10(13)8(11(9)14)5-15-3-7-4-16-6-17-7/h1-2,4,6,15H,3,5H2. The molecule has 2 aromatic rings. The quantitative estimate of drug-likeness (QED) is 0.873. The van der Waals surface area contributed by atoms with E-state index in [0.717, 1.165) is 4.88 Å². The van der Waals surface area contributed by atoms with Gasteiger partial charge in [0.2, 0.25) is 0 Å². The van der Waals surface area contributed by atoms with Gasteiger partial charge in [0.15, 0.2) is 0 Å². The zero-order valence-electron chi connectivity index (χ0n) is 8.71.